The Morgan fingerprint density at radius 2 is 1.91 bits per heavy atom. The molecule has 1 aromatic carbocycles. The van der Waals surface area contributed by atoms with Crippen molar-refractivity contribution in [3.8, 4) is 17.4 Å². The molecule has 254 valence electrons. The molecule has 0 radical (unpaired) electrons. The lowest BCUT2D eigenvalue weighted by molar-refractivity contribution is -0.140. The summed E-state index contributed by atoms with van der Waals surface area (Å²) in [6, 6.07) is 5.49. The van der Waals surface area contributed by atoms with Crippen molar-refractivity contribution in [3.63, 3.8) is 0 Å². The Morgan fingerprint density at radius 1 is 1.17 bits per heavy atom. The van der Waals surface area contributed by atoms with Crippen LogP contribution >= 0.6 is 0 Å². The largest absolute Gasteiger partial charge is 0.496 e. The SMILES string of the molecule is C=C[C@@H]1C[C@]1(NC(=O)[C@@H]1CC(Oc2cc(OCC)nc3c(C)c(OC)ccc23)[C@H]2CC[C@H](C(C)C)C(=O)C21)C(=O)NS(=O)(=O)C1CC1. The van der Waals surface area contributed by atoms with Gasteiger partial charge >= 0.3 is 0 Å². The highest BCUT2D eigenvalue weighted by molar-refractivity contribution is 7.91. The zero-order valence-electron chi connectivity index (χ0n) is 27.7. The van der Waals surface area contributed by atoms with Gasteiger partial charge in [-0.3, -0.25) is 19.1 Å². The fourth-order valence-electron chi connectivity index (χ4n) is 7.79. The van der Waals surface area contributed by atoms with Crippen molar-refractivity contribution in [2.45, 2.75) is 83.1 Å². The molecule has 0 saturated heterocycles. The van der Waals surface area contributed by atoms with E-state index in [0.717, 1.165) is 10.9 Å². The van der Waals surface area contributed by atoms with Crippen LogP contribution in [-0.2, 0) is 24.4 Å². The summed E-state index contributed by atoms with van der Waals surface area (Å²) in [6.07, 6.45) is 4.02. The molecule has 4 saturated carbocycles. The van der Waals surface area contributed by atoms with E-state index in [9.17, 15) is 22.8 Å². The Bertz CT molecular complexity index is 1720. The monoisotopic (exact) mass is 667 g/mol. The van der Waals surface area contributed by atoms with Gasteiger partial charge in [-0.05, 0) is 70.4 Å². The van der Waals surface area contributed by atoms with Gasteiger partial charge in [0.2, 0.25) is 21.8 Å². The molecule has 0 aliphatic heterocycles. The van der Waals surface area contributed by atoms with E-state index in [0.29, 0.717) is 55.2 Å². The zero-order valence-corrected chi connectivity index (χ0v) is 28.5. The van der Waals surface area contributed by atoms with E-state index in [1.807, 2.05) is 39.8 Å². The number of methoxy groups -OCH3 is 1. The topological polar surface area (TPSA) is 150 Å². The second-order valence-corrected chi connectivity index (χ2v) is 15.8. The minimum Gasteiger partial charge on any atom is -0.496 e. The van der Waals surface area contributed by atoms with E-state index in [1.165, 1.54) is 0 Å². The molecule has 12 heteroatoms. The Labute approximate surface area is 276 Å². The summed E-state index contributed by atoms with van der Waals surface area (Å²) in [4.78, 5) is 46.4. The Balaban J connectivity index is 1.32. The number of rotatable bonds is 12. The number of hydrogen-bond donors (Lipinski definition) is 2. The first-order valence-electron chi connectivity index (χ1n) is 16.7. The third-order valence-corrected chi connectivity index (χ3v) is 12.5. The fourth-order valence-corrected chi connectivity index (χ4v) is 9.16. The van der Waals surface area contributed by atoms with Crippen LogP contribution in [0.2, 0.25) is 0 Å². The lowest BCUT2D eigenvalue weighted by Crippen LogP contribution is -2.54. The van der Waals surface area contributed by atoms with Gasteiger partial charge in [-0.15, -0.1) is 6.58 Å². The molecular formula is C35H45N3O8S. The van der Waals surface area contributed by atoms with E-state index < -0.39 is 56.5 Å². The van der Waals surface area contributed by atoms with E-state index >= 15 is 0 Å². The summed E-state index contributed by atoms with van der Waals surface area (Å²) in [7, 11) is -2.22. The quantitative estimate of drug-likeness (QED) is 0.317. The molecule has 1 aromatic heterocycles. The number of fused-ring (bicyclic) bond motifs is 2. The highest BCUT2D eigenvalue weighted by Crippen LogP contribution is 2.51. The van der Waals surface area contributed by atoms with Gasteiger partial charge in [0.05, 0.1) is 30.4 Å². The predicted molar refractivity (Wildman–Crippen MR) is 176 cm³/mol. The minimum absolute atomic E-state index is 0.0450. The minimum atomic E-state index is -3.82. The number of aromatic nitrogens is 1. The first kappa shape index (κ1) is 33.2. The highest BCUT2D eigenvalue weighted by Gasteiger charge is 2.63. The summed E-state index contributed by atoms with van der Waals surface area (Å²) >= 11 is 0. The number of nitrogens with one attached hydrogen (secondary N) is 2. The van der Waals surface area contributed by atoms with Crippen LogP contribution < -0.4 is 24.2 Å². The first-order valence-corrected chi connectivity index (χ1v) is 18.2. The summed E-state index contributed by atoms with van der Waals surface area (Å²) < 4.78 is 45.5. The number of sulfonamides is 1. The molecule has 11 nitrogen and oxygen atoms in total. The van der Waals surface area contributed by atoms with Gasteiger partial charge in [-0.2, -0.15) is 0 Å². The Hall–Kier alpha value is -3.67. The van der Waals surface area contributed by atoms with Crippen LogP contribution in [0.4, 0.5) is 0 Å². The Morgan fingerprint density at radius 3 is 2.53 bits per heavy atom. The average molecular weight is 668 g/mol. The third kappa shape index (κ3) is 5.98. The normalized spacial score (nSPS) is 30.0. The number of ketones is 1. The van der Waals surface area contributed by atoms with Crippen molar-refractivity contribution in [2.24, 2.45) is 35.5 Å². The number of nitrogens with zero attached hydrogens (tertiary/aromatic N) is 1. The lowest BCUT2D eigenvalue weighted by atomic mass is 9.68. The lowest BCUT2D eigenvalue weighted by Gasteiger charge is -2.36. The van der Waals surface area contributed by atoms with E-state index in [1.54, 1.807) is 19.3 Å². The maximum absolute atomic E-state index is 14.2. The number of carbonyl (C=O) groups is 3. The van der Waals surface area contributed by atoms with E-state index in [2.05, 4.69) is 16.6 Å². The molecule has 2 unspecified atom stereocenters. The van der Waals surface area contributed by atoms with Crippen LogP contribution in [0, 0.1) is 42.4 Å². The Kier molecular flexibility index (Phi) is 8.78. The maximum Gasteiger partial charge on any atom is 0.259 e. The van der Waals surface area contributed by atoms with Gasteiger partial charge in [0.15, 0.2) is 0 Å². The predicted octanol–water partition coefficient (Wildman–Crippen LogP) is 4.25. The number of pyridine rings is 1. The van der Waals surface area contributed by atoms with Gasteiger partial charge < -0.3 is 19.5 Å². The molecule has 4 aliphatic rings. The van der Waals surface area contributed by atoms with Crippen molar-refractivity contribution in [1.82, 2.24) is 15.0 Å². The van der Waals surface area contributed by atoms with Crippen LogP contribution in [0.25, 0.3) is 10.9 Å². The van der Waals surface area contributed by atoms with Crippen molar-refractivity contribution < 1.29 is 37.0 Å². The van der Waals surface area contributed by atoms with Crippen molar-refractivity contribution in [2.75, 3.05) is 13.7 Å². The van der Waals surface area contributed by atoms with Gasteiger partial charge in [0, 0.05) is 40.7 Å². The number of amides is 2. The average Bonchev–Trinajstić information content (AvgIpc) is 3.95. The van der Waals surface area contributed by atoms with Gasteiger partial charge in [-0.1, -0.05) is 19.9 Å². The molecule has 0 spiro atoms. The van der Waals surface area contributed by atoms with E-state index in [4.69, 9.17) is 19.2 Å². The third-order valence-electron chi connectivity index (χ3n) is 10.7. The number of aryl methyl sites for hydroxylation is 1. The molecule has 7 atom stereocenters. The summed E-state index contributed by atoms with van der Waals surface area (Å²) in [5.74, 6) is -1.60. The molecule has 2 N–H and O–H groups in total. The van der Waals surface area contributed by atoms with Crippen LogP contribution in [-0.4, -0.2) is 61.6 Å². The van der Waals surface area contributed by atoms with Crippen molar-refractivity contribution >= 4 is 38.5 Å². The molecular weight excluding hydrogens is 622 g/mol. The number of Topliss-reactive ketones (excluding diaryl/α,β-unsaturated/α-hetero) is 1. The fraction of sp³-hybridized carbons (Fsp3) is 0.600. The highest BCUT2D eigenvalue weighted by atomic mass is 32.2. The maximum atomic E-state index is 14.2. The molecule has 0 bridgehead atoms. The molecule has 4 aliphatic carbocycles. The second-order valence-electron chi connectivity index (χ2n) is 13.9. The summed E-state index contributed by atoms with van der Waals surface area (Å²) in [5.41, 5.74) is 0.0837. The molecule has 2 amide bonds. The summed E-state index contributed by atoms with van der Waals surface area (Å²) in [5, 5.41) is 3.09. The van der Waals surface area contributed by atoms with Crippen LogP contribution in [0.3, 0.4) is 0 Å². The summed E-state index contributed by atoms with van der Waals surface area (Å²) in [6.45, 7) is 12.0. The van der Waals surface area contributed by atoms with Gasteiger partial charge in [-0.25, -0.2) is 13.4 Å². The molecule has 4 fully saturated rings. The van der Waals surface area contributed by atoms with Crippen LogP contribution in [0.1, 0.15) is 64.9 Å². The van der Waals surface area contributed by atoms with E-state index in [-0.39, 0.29) is 36.4 Å². The number of ether oxygens (including phenoxy) is 3. The van der Waals surface area contributed by atoms with Crippen molar-refractivity contribution in [1.29, 1.82) is 0 Å². The van der Waals surface area contributed by atoms with Crippen molar-refractivity contribution in [3.05, 3.63) is 36.4 Å². The molecule has 47 heavy (non-hydrogen) atoms. The second kappa shape index (κ2) is 12.4. The van der Waals surface area contributed by atoms with Crippen LogP contribution in [0.5, 0.6) is 17.4 Å². The molecule has 6 rings (SSSR count). The molecule has 1 heterocycles. The zero-order chi connectivity index (χ0) is 33.8. The molecule has 2 aromatic rings. The first-order chi connectivity index (χ1) is 22.3. The smallest absolute Gasteiger partial charge is 0.259 e. The van der Waals surface area contributed by atoms with Gasteiger partial charge in [0.25, 0.3) is 5.91 Å². The number of benzene rings is 1. The number of hydrogen-bond acceptors (Lipinski definition) is 9. The standard InChI is InChI=1S/C35H45N3O8S/c1-7-20-17-35(20,34(41)38-47(42,43)21-9-10-21)37-33(40)25-15-27(23-12-11-22(18(3)4)32(39)30(23)25)46-28-16-29(45-8-2)36-31-19(5)26(44-6)14-13-24(28)31/h7,13-14,16,18,20-23,25,27,30H,1,8-12,15,17H2,2-6H3,(H,37,40)(H,38,41)/t20-,22-,23-,25-,27?,30?,35-/m1/s1. The van der Waals surface area contributed by atoms with Gasteiger partial charge in [0.1, 0.15) is 28.9 Å². The van der Waals surface area contributed by atoms with Crippen LogP contribution in [0.15, 0.2) is 30.9 Å². The number of carbonyl (C=O) groups excluding carboxylic acids is 3.